The van der Waals surface area contributed by atoms with Crippen LogP contribution in [0.25, 0.3) is 0 Å². The second-order valence-electron chi connectivity index (χ2n) is 5.01. The van der Waals surface area contributed by atoms with E-state index in [1.54, 1.807) is 24.4 Å². The van der Waals surface area contributed by atoms with E-state index in [4.69, 9.17) is 27.9 Å². The topological polar surface area (TPSA) is 47.0 Å². The molecule has 0 radical (unpaired) electrons. The fourth-order valence-corrected chi connectivity index (χ4v) is 2.21. The van der Waals surface area contributed by atoms with Crippen molar-refractivity contribution < 1.29 is 4.74 Å². The lowest BCUT2D eigenvalue weighted by Gasteiger charge is -2.11. The molecule has 0 saturated carbocycles. The summed E-state index contributed by atoms with van der Waals surface area (Å²) in [6.45, 7) is 6.84. The number of nitrogens with zero attached hydrogens (tertiary/aromatic N) is 2. The van der Waals surface area contributed by atoms with Crippen LogP contribution >= 0.6 is 23.2 Å². The van der Waals surface area contributed by atoms with Gasteiger partial charge in [0.05, 0.1) is 0 Å². The summed E-state index contributed by atoms with van der Waals surface area (Å²) in [6.07, 6.45) is 1.76. The highest BCUT2D eigenvalue weighted by molar-refractivity contribution is 6.34. The smallest absolute Gasteiger partial charge is 0.322 e. The average molecular weight is 326 g/mol. The van der Waals surface area contributed by atoms with Crippen molar-refractivity contribution in [2.24, 2.45) is 0 Å². The lowest BCUT2D eigenvalue weighted by atomic mass is 10.2. The average Bonchev–Trinajstić information content (AvgIpc) is 2.36. The van der Waals surface area contributed by atoms with Gasteiger partial charge in [-0.25, -0.2) is 4.98 Å². The molecule has 0 unspecified atom stereocenters. The number of rotatable bonds is 5. The van der Waals surface area contributed by atoms with Crippen molar-refractivity contribution in [3.63, 3.8) is 0 Å². The van der Waals surface area contributed by atoms with Crippen molar-refractivity contribution in [3.8, 4) is 11.8 Å². The summed E-state index contributed by atoms with van der Waals surface area (Å²) in [7, 11) is 0. The fraction of sp³-hybridized carbons (Fsp3) is 0.333. The van der Waals surface area contributed by atoms with Gasteiger partial charge >= 0.3 is 6.01 Å². The predicted molar refractivity (Wildman–Crippen MR) is 85.3 cm³/mol. The molecule has 0 amide bonds. The zero-order valence-corrected chi connectivity index (χ0v) is 13.7. The Morgan fingerprint density at radius 1 is 1.19 bits per heavy atom. The Balaban J connectivity index is 2.12. The highest BCUT2D eigenvalue weighted by Gasteiger charge is 2.07. The molecule has 1 N–H and O–H groups in total. The van der Waals surface area contributed by atoms with E-state index in [1.165, 1.54) is 0 Å². The number of hydrogen-bond donors (Lipinski definition) is 1. The largest absolute Gasteiger partial charge is 0.424 e. The van der Waals surface area contributed by atoms with Crippen molar-refractivity contribution in [1.82, 2.24) is 15.3 Å². The Bertz CT molecular complexity index is 612. The fourth-order valence-electron chi connectivity index (χ4n) is 1.70. The lowest BCUT2D eigenvalue weighted by Crippen LogP contribution is -2.22. The molecule has 112 valence electrons. The van der Waals surface area contributed by atoms with Crippen molar-refractivity contribution in [1.29, 1.82) is 0 Å². The van der Waals surface area contributed by atoms with E-state index >= 15 is 0 Å². The predicted octanol–water partition coefficient (Wildman–Crippen LogP) is 4.38. The summed E-state index contributed by atoms with van der Waals surface area (Å²) in [4.78, 5) is 8.56. The molecule has 21 heavy (non-hydrogen) atoms. The molecule has 1 aromatic carbocycles. The van der Waals surface area contributed by atoms with Gasteiger partial charge in [-0.3, -0.25) is 0 Å². The van der Waals surface area contributed by atoms with Crippen molar-refractivity contribution in [2.75, 3.05) is 0 Å². The molecule has 0 atom stereocenters. The Labute approximate surface area is 134 Å². The minimum atomic E-state index is 0.277. The molecule has 0 bridgehead atoms. The maximum atomic E-state index is 5.93. The maximum absolute atomic E-state index is 5.93. The number of hydrogen-bond acceptors (Lipinski definition) is 4. The molecule has 1 aromatic heterocycles. The zero-order chi connectivity index (χ0) is 15.4. The van der Waals surface area contributed by atoms with Crippen LogP contribution < -0.4 is 10.1 Å². The summed E-state index contributed by atoms with van der Waals surface area (Å²) >= 11 is 11.9. The first-order valence-corrected chi connectivity index (χ1v) is 7.39. The van der Waals surface area contributed by atoms with E-state index in [0.29, 0.717) is 21.8 Å². The van der Waals surface area contributed by atoms with Gasteiger partial charge in [-0.2, -0.15) is 4.98 Å². The van der Waals surface area contributed by atoms with Gasteiger partial charge in [0.1, 0.15) is 5.75 Å². The van der Waals surface area contributed by atoms with E-state index in [1.807, 2.05) is 6.92 Å². The SMILES string of the molecule is Cc1nc(Oc2cc(Cl)cc(Cl)c2)ncc1CNC(C)C. The van der Waals surface area contributed by atoms with Gasteiger partial charge in [-0.1, -0.05) is 37.0 Å². The molecule has 0 aliphatic rings. The molecule has 4 nitrogen and oxygen atoms in total. The first-order valence-electron chi connectivity index (χ1n) is 6.64. The summed E-state index contributed by atoms with van der Waals surface area (Å²) in [5, 5.41) is 4.34. The van der Waals surface area contributed by atoms with Crippen LogP contribution in [-0.2, 0) is 6.54 Å². The van der Waals surface area contributed by atoms with Gasteiger partial charge in [0.25, 0.3) is 0 Å². The molecule has 2 aromatic rings. The van der Waals surface area contributed by atoms with Gasteiger partial charge in [0.2, 0.25) is 0 Å². The van der Waals surface area contributed by atoms with Crippen molar-refractivity contribution >= 4 is 23.2 Å². The summed E-state index contributed by atoms with van der Waals surface area (Å²) in [5.41, 5.74) is 1.92. The lowest BCUT2D eigenvalue weighted by molar-refractivity contribution is 0.438. The number of benzene rings is 1. The number of ether oxygens (including phenoxy) is 1. The second kappa shape index (κ2) is 7.07. The molecular weight excluding hydrogens is 309 g/mol. The Hall–Kier alpha value is -1.36. The van der Waals surface area contributed by atoms with E-state index in [0.717, 1.165) is 17.8 Å². The Kier molecular flexibility index (Phi) is 5.39. The molecule has 0 spiro atoms. The third kappa shape index (κ3) is 4.84. The zero-order valence-electron chi connectivity index (χ0n) is 12.2. The van der Waals surface area contributed by atoms with Crippen LogP contribution in [0.2, 0.25) is 10.0 Å². The maximum Gasteiger partial charge on any atom is 0.322 e. The van der Waals surface area contributed by atoms with Crippen molar-refractivity contribution in [3.05, 3.63) is 45.7 Å². The van der Waals surface area contributed by atoms with Crippen LogP contribution in [0.1, 0.15) is 25.1 Å². The molecular formula is C15H17Cl2N3O. The molecule has 2 rings (SSSR count). The highest BCUT2D eigenvalue weighted by Crippen LogP contribution is 2.27. The van der Waals surface area contributed by atoms with Crippen LogP contribution in [0.5, 0.6) is 11.8 Å². The number of nitrogens with one attached hydrogen (secondary N) is 1. The third-order valence-corrected chi connectivity index (χ3v) is 3.24. The van der Waals surface area contributed by atoms with E-state index < -0.39 is 0 Å². The molecule has 1 heterocycles. The van der Waals surface area contributed by atoms with Gasteiger partial charge in [0, 0.05) is 40.1 Å². The van der Waals surface area contributed by atoms with Gasteiger partial charge in [0.15, 0.2) is 0 Å². The minimum absolute atomic E-state index is 0.277. The molecule has 0 saturated heterocycles. The number of aromatic nitrogens is 2. The minimum Gasteiger partial charge on any atom is -0.424 e. The standard InChI is InChI=1S/C15H17Cl2N3O/c1-9(2)18-7-11-8-19-15(20-10(11)3)21-14-5-12(16)4-13(17)6-14/h4-6,8-9,18H,7H2,1-3H3. The number of halogens is 2. The summed E-state index contributed by atoms with van der Waals surface area (Å²) in [6, 6.07) is 5.66. The second-order valence-corrected chi connectivity index (χ2v) is 5.88. The van der Waals surface area contributed by atoms with Gasteiger partial charge in [-0.15, -0.1) is 0 Å². The van der Waals surface area contributed by atoms with Crippen LogP contribution in [0.4, 0.5) is 0 Å². The first kappa shape index (κ1) is 16.0. The highest BCUT2D eigenvalue weighted by atomic mass is 35.5. The first-order chi connectivity index (χ1) is 9.94. The van der Waals surface area contributed by atoms with E-state index in [-0.39, 0.29) is 6.01 Å². The van der Waals surface area contributed by atoms with E-state index in [2.05, 4.69) is 29.1 Å². The van der Waals surface area contributed by atoms with Crippen LogP contribution in [0.15, 0.2) is 24.4 Å². The molecule has 0 aliphatic carbocycles. The molecule has 0 fully saturated rings. The normalized spacial score (nSPS) is 11.0. The monoisotopic (exact) mass is 325 g/mol. The van der Waals surface area contributed by atoms with E-state index in [9.17, 15) is 0 Å². The molecule has 6 heteroatoms. The quantitative estimate of drug-likeness (QED) is 0.886. The van der Waals surface area contributed by atoms with Crippen LogP contribution in [0, 0.1) is 6.92 Å². The Morgan fingerprint density at radius 3 is 2.43 bits per heavy atom. The Morgan fingerprint density at radius 2 is 1.86 bits per heavy atom. The number of aryl methyl sites for hydroxylation is 1. The summed E-state index contributed by atoms with van der Waals surface area (Å²) < 4.78 is 5.59. The molecule has 0 aliphatic heterocycles. The van der Waals surface area contributed by atoms with Crippen LogP contribution in [-0.4, -0.2) is 16.0 Å². The van der Waals surface area contributed by atoms with Crippen molar-refractivity contribution in [2.45, 2.75) is 33.4 Å². The van der Waals surface area contributed by atoms with Crippen LogP contribution in [0.3, 0.4) is 0 Å². The van der Waals surface area contributed by atoms with Gasteiger partial charge < -0.3 is 10.1 Å². The van der Waals surface area contributed by atoms with Gasteiger partial charge in [-0.05, 0) is 25.1 Å². The third-order valence-electron chi connectivity index (χ3n) is 2.80. The summed E-state index contributed by atoms with van der Waals surface area (Å²) in [5.74, 6) is 0.514.